The first-order valence-electron chi connectivity index (χ1n) is 4.59. The first-order chi connectivity index (χ1) is 7.03. The molecule has 0 heterocycles. The van der Waals surface area contributed by atoms with E-state index in [1.165, 1.54) is 0 Å². The fourth-order valence-corrected chi connectivity index (χ4v) is 1.69. The van der Waals surface area contributed by atoms with Crippen LogP contribution in [0.1, 0.15) is 12.8 Å². The SMILES string of the molecule is CS(=O)CCNC(=O)C1(C(N)=NO)CC1. The van der Waals surface area contributed by atoms with Crippen LogP contribution in [0, 0.1) is 5.41 Å². The van der Waals surface area contributed by atoms with Gasteiger partial charge in [0.25, 0.3) is 0 Å². The summed E-state index contributed by atoms with van der Waals surface area (Å²) in [6, 6.07) is 0. The maximum atomic E-state index is 11.6. The van der Waals surface area contributed by atoms with E-state index in [0.717, 1.165) is 0 Å². The van der Waals surface area contributed by atoms with Crippen molar-refractivity contribution in [2.75, 3.05) is 18.6 Å². The van der Waals surface area contributed by atoms with Crippen LogP contribution in [0.25, 0.3) is 0 Å². The molecule has 0 aliphatic heterocycles. The Kier molecular flexibility index (Phi) is 3.67. The number of hydrogen-bond acceptors (Lipinski definition) is 4. The molecule has 0 saturated heterocycles. The smallest absolute Gasteiger partial charge is 0.233 e. The largest absolute Gasteiger partial charge is 0.409 e. The highest BCUT2D eigenvalue weighted by molar-refractivity contribution is 7.84. The Morgan fingerprint density at radius 3 is 2.67 bits per heavy atom. The summed E-state index contributed by atoms with van der Waals surface area (Å²) in [7, 11) is -0.926. The Morgan fingerprint density at radius 1 is 1.67 bits per heavy atom. The van der Waals surface area contributed by atoms with Gasteiger partial charge in [0.2, 0.25) is 5.91 Å². The molecule has 0 aromatic rings. The maximum absolute atomic E-state index is 11.6. The molecular formula is C8H15N3O3S. The number of carbonyl (C=O) groups excluding carboxylic acids is 1. The molecule has 0 bridgehead atoms. The molecule has 0 aromatic carbocycles. The van der Waals surface area contributed by atoms with E-state index in [2.05, 4.69) is 10.5 Å². The second-order valence-electron chi connectivity index (χ2n) is 3.60. The van der Waals surface area contributed by atoms with Crippen molar-refractivity contribution in [2.45, 2.75) is 12.8 Å². The van der Waals surface area contributed by atoms with E-state index in [0.29, 0.717) is 25.1 Å². The standard InChI is InChI=1S/C8H15N3O3S/c1-15(14)5-4-10-7(12)8(2-3-8)6(9)11-13/h13H,2-5H2,1H3,(H2,9,11)(H,10,12). The average molecular weight is 233 g/mol. The normalized spacial score (nSPS) is 20.7. The monoisotopic (exact) mass is 233 g/mol. The molecular weight excluding hydrogens is 218 g/mol. The lowest BCUT2D eigenvalue weighted by Gasteiger charge is -2.12. The second-order valence-corrected chi connectivity index (χ2v) is 5.16. The van der Waals surface area contributed by atoms with Gasteiger partial charge in [-0.3, -0.25) is 9.00 Å². The van der Waals surface area contributed by atoms with Gasteiger partial charge in [0.1, 0.15) is 5.41 Å². The van der Waals surface area contributed by atoms with Gasteiger partial charge in [0.05, 0.1) is 0 Å². The summed E-state index contributed by atoms with van der Waals surface area (Å²) in [6.07, 6.45) is 2.77. The van der Waals surface area contributed by atoms with Crippen molar-refractivity contribution < 1.29 is 14.2 Å². The molecule has 1 atom stereocenters. The number of nitrogens with one attached hydrogen (secondary N) is 1. The van der Waals surface area contributed by atoms with E-state index in [9.17, 15) is 9.00 Å². The fraction of sp³-hybridized carbons (Fsp3) is 0.750. The van der Waals surface area contributed by atoms with Crippen molar-refractivity contribution >= 4 is 22.5 Å². The van der Waals surface area contributed by atoms with Gasteiger partial charge in [-0.2, -0.15) is 0 Å². The molecule has 15 heavy (non-hydrogen) atoms. The summed E-state index contributed by atoms with van der Waals surface area (Å²) in [6.45, 7) is 0.350. The minimum Gasteiger partial charge on any atom is -0.409 e. The van der Waals surface area contributed by atoms with Crippen LogP contribution in [0.15, 0.2) is 5.16 Å². The maximum Gasteiger partial charge on any atom is 0.233 e. The Morgan fingerprint density at radius 2 is 2.27 bits per heavy atom. The van der Waals surface area contributed by atoms with E-state index in [4.69, 9.17) is 10.9 Å². The number of carbonyl (C=O) groups is 1. The Balaban J connectivity index is 2.44. The zero-order valence-corrected chi connectivity index (χ0v) is 9.34. The van der Waals surface area contributed by atoms with Gasteiger partial charge in [-0.15, -0.1) is 0 Å². The van der Waals surface area contributed by atoms with E-state index in [-0.39, 0.29) is 11.7 Å². The molecule has 1 saturated carbocycles. The topological polar surface area (TPSA) is 105 Å². The molecule has 0 aromatic heterocycles. The van der Waals surface area contributed by atoms with E-state index in [1.807, 2.05) is 0 Å². The van der Waals surface area contributed by atoms with Crippen molar-refractivity contribution in [1.29, 1.82) is 0 Å². The zero-order valence-electron chi connectivity index (χ0n) is 8.52. The van der Waals surface area contributed by atoms with Crippen molar-refractivity contribution in [2.24, 2.45) is 16.3 Å². The summed E-state index contributed by atoms with van der Waals surface area (Å²) in [5.74, 6) is 0.124. The number of amides is 1. The minimum absolute atomic E-state index is 0.0439. The van der Waals surface area contributed by atoms with Gasteiger partial charge in [0.15, 0.2) is 5.84 Å². The van der Waals surface area contributed by atoms with Crippen LogP contribution in [-0.4, -0.2) is 39.7 Å². The third-order valence-corrected chi connectivity index (χ3v) is 3.24. The molecule has 1 amide bonds. The van der Waals surface area contributed by atoms with Crippen LogP contribution in [0.2, 0.25) is 0 Å². The molecule has 1 aliphatic rings. The van der Waals surface area contributed by atoms with Gasteiger partial charge in [-0.25, -0.2) is 0 Å². The zero-order chi connectivity index (χ0) is 11.5. The molecule has 1 fully saturated rings. The Labute approximate surface area is 90.4 Å². The molecule has 1 unspecified atom stereocenters. The second kappa shape index (κ2) is 4.61. The van der Waals surface area contributed by atoms with E-state index >= 15 is 0 Å². The molecule has 7 heteroatoms. The third kappa shape index (κ3) is 2.68. The summed E-state index contributed by atoms with van der Waals surface area (Å²) >= 11 is 0. The number of nitrogens with two attached hydrogens (primary N) is 1. The molecule has 0 radical (unpaired) electrons. The van der Waals surface area contributed by atoms with Gasteiger partial charge >= 0.3 is 0 Å². The fourth-order valence-electron chi connectivity index (χ4n) is 1.30. The number of nitrogens with zero attached hydrogens (tertiary/aromatic N) is 1. The lowest BCUT2D eigenvalue weighted by molar-refractivity contribution is -0.124. The molecule has 1 rings (SSSR count). The highest BCUT2D eigenvalue weighted by Gasteiger charge is 2.54. The number of hydrogen-bond donors (Lipinski definition) is 3. The van der Waals surface area contributed by atoms with Crippen molar-refractivity contribution in [3.63, 3.8) is 0 Å². The van der Waals surface area contributed by atoms with Crippen molar-refractivity contribution in [3.8, 4) is 0 Å². The molecule has 4 N–H and O–H groups in total. The molecule has 0 spiro atoms. The lowest BCUT2D eigenvalue weighted by Crippen LogP contribution is -2.41. The Hall–Kier alpha value is -1.11. The molecule has 6 nitrogen and oxygen atoms in total. The van der Waals surface area contributed by atoms with Crippen LogP contribution in [0.4, 0.5) is 0 Å². The van der Waals surface area contributed by atoms with Gasteiger partial charge in [-0.1, -0.05) is 5.16 Å². The number of oxime groups is 1. The predicted molar refractivity (Wildman–Crippen MR) is 57.0 cm³/mol. The first-order valence-corrected chi connectivity index (χ1v) is 6.32. The van der Waals surface area contributed by atoms with Crippen molar-refractivity contribution in [3.05, 3.63) is 0 Å². The summed E-state index contributed by atoms with van der Waals surface area (Å²) in [5, 5.41) is 14.0. The van der Waals surface area contributed by atoms with Crippen LogP contribution < -0.4 is 11.1 Å². The van der Waals surface area contributed by atoms with Gasteiger partial charge < -0.3 is 16.3 Å². The summed E-state index contributed by atoms with van der Waals surface area (Å²) < 4.78 is 10.8. The molecule has 86 valence electrons. The quantitative estimate of drug-likeness (QED) is 0.245. The van der Waals surface area contributed by atoms with Crippen LogP contribution in [0.3, 0.4) is 0 Å². The highest BCUT2D eigenvalue weighted by atomic mass is 32.2. The number of amidine groups is 1. The summed E-state index contributed by atoms with van der Waals surface area (Å²) in [5.41, 5.74) is 4.61. The van der Waals surface area contributed by atoms with Crippen LogP contribution in [0.5, 0.6) is 0 Å². The number of rotatable bonds is 5. The van der Waals surface area contributed by atoms with E-state index < -0.39 is 16.2 Å². The highest BCUT2D eigenvalue weighted by Crippen LogP contribution is 2.45. The van der Waals surface area contributed by atoms with E-state index in [1.54, 1.807) is 6.26 Å². The first kappa shape index (κ1) is 12.0. The van der Waals surface area contributed by atoms with Gasteiger partial charge in [-0.05, 0) is 12.8 Å². The lowest BCUT2D eigenvalue weighted by atomic mass is 10.1. The molecule has 1 aliphatic carbocycles. The van der Waals surface area contributed by atoms with Crippen LogP contribution >= 0.6 is 0 Å². The average Bonchev–Trinajstić information content (AvgIpc) is 2.96. The predicted octanol–water partition coefficient (Wildman–Crippen LogP) is -0.992. The van der Waals surface area contributed by atoms with Crippen LogP contribution in [-0.2, 0) is 15.6 Å². The Bertz CT molecular complexity index is 312. The van der Waals surface area contributed by atoms with Gasteiger partial charge in [0, 0.05) is 29.4 Å². The third-order valence-electron chi connectivity index (χ3n) is 2.46. The summed E-state index contributed by atoms with van der Waals surface area (Å²) in [4.78, 5) is 11.6. The minimum atomic E-state index is -0.926. The van der Waals surface area contributed by atoms with Crippen molar-refractivity contribution in [1.82, 2.24) is 5.32 Å².